The van der Waals surface area contributed by atoms with E-state index in [0.717, 1.165) is 13.2 Å². The van der Waals surface area contributed by atoms with Gasteiger partial charge in [0.05, 0.1) is 13.2 Å². The van der Waals surface area contributed by atoms with Gasteiger partial charge in [-0.1, -0.05) is 19.4 Å². The van der Waals surface area contributed by atoms with Crippen LogP contribution in [0.15, 0.2) is 12.2 Å². The van der Waals surface area contributed by atoms with Crippen LogP contribution in [0.2, 0.25) is 0 Å². The minimum absolute atomic E-state index is 0.190. The molecule has 0 radical (unpaired) electrons. The van der Waals surface area contributed by atoms with Gasteiger partial charge in [0.2, 0.25) is 0 Å². The molecule has 0 aliphatic carbocycles. The summed E-state index contributed by atoms with van der Waals surface area (Å²) in [6.07, 6.45) is 0. The fraction of sp³-hybridized carbons (Fsp3) is 0.875. The molecule has 0 aromatic heterocycles. The van der Waals surface area contributed by atoms with Crippen molar-refractivity contribution in [1.82, 2.24) is 0 Å². The standard InChI is InChI=1S/C8H16O2.C4H8O2.C4H8/c1-7(2)5-9-8(3,4)10-6-7;1-4(2)5-3-6-4;1-4(2)3/h5-6H2,1-4H3;3H2,1-2H3;1H2,2-3H3. The molecule has 0 amide bonds. The molecule has 4 nitrogen and oxygen atoms in total. The van der Waals surface area contributed by atoms with Gasteiger partial charge in [0.15, 0.2) is 18.4 Å². The molecule has 0 aromatic carbocycles. The van der Waals surface area contributed by atoms with Crippen LogP contribution < -0.4 is 0 Å². The average molecular weight is 288 g/mol. The lowest BCUT2D eigenvalue weighted by Crippen LogP contribution is -2.43. The lowest BCUT2D eigenvalue weighted by atomic mass is 9.95. The van der Waals surface area contributed by atoms with Gasteiger partial charge >= 0.3 is 0 Å². The van der Waals surface area contributed by atoms with E-state index in [4.69, 9.17) is 18.9 Å². The Morgan fingerprint density at radius 2 is 1.05 bits per heavy atom. The topological polar surface area (TPSA) is 36.9 Å². The van der Waals surface area contributed by atoms with Crippen LogP contribution in [0.3, 0.4) is 0 Å². The molecule has 0 bridgehead atoms. The van der Waals surface area contributed by atoms with E-state index in [9.17, 15) is 0 Å². The van der Waals surface area contributed by atoms with Crippen LogP contribution in [0.5, 0.6) is 0 Å². The maximum atomic E-state index is 5.46. The Kier molecular flexibility index (Phi) is 7.39. The van der Waals surface area contributed by atoms with E-state index in [-0.39, 0.29) is 17.0 Å². The summed E-state index contributed by atoms with van der Waals surface area (Å²) in [6.45, 7) is 21.5. The lowest BCUT2D eigenvalue weighted by Gasteiger charge is -2.39. The summed E-state index contributed by atoms with van der Waals surface area (Å²) in [5.41, 5.74) is 1.36. The first kappa shape index (κ1) is 19.6. The molecule has 2 aliphatic rings. The van der Waals surface area contributed by atoms with Crippen molar-refractivity contribution in [2.75, 3.05) is 20.0 Å². The molecule has 0 unspecified atom stereocenters. The van der Waals surface area contributed by atoms with E-state index in [2.05, 4.69) is 20.4 Å². The van der Waals surface area contributed by atoms with Crippen molar-refractivity contribution >= 4 is 0 Å². The second kappa shape index (κ2) is 7.55. The van der Waals surface area contributed by atoms with Gasteiger partial charge in [-0.05, 0) is 41.5 Å². The maximum Gasteiger partial charge on any atom is 0.168 e. The summed E-state index contributed by atoms with van der Waals surface area (Å²) in [7, 11) is 0. The third kappa shape index (κ3) is 10.4. The highest BCUT2D eigenvalue weighted by molar-refractivity contribution is 4.79. The Hall–Kier alpha value is -0.420. The van der Waals surface area contributed by atoms with Crippen LogP contribution in [0.4, 0.5) is 0 Å². The Morgan fingerprint density at radius 3 is 1.20 bits per heavy atom. The summed E-state index contributed by atoms with van der Waals surface area (Å²) >= 11 is 0. The van der Waals surface area contributed by atoms with Crippen molar-refractivity contribution in [1.29, 1.82) is 0 Å². The van der Waals surface area contributed by atoms with E-state index in [1.54, 1.807) is 0 Å². The summed E-state index contributed by atoms with van der Waals surface area (Å²) < 4.78 is 20.7. The van der Waals surface area contributed by atoms with Crippen LogP contribution in [0.25, 0.3) is 0 Å². The van der Waals surface area contributed by atoms with E-state index in [0.29, 0.717) is 6.79 Å². The molecular formula is C16H32O4. The van der Waals surface area contributed by atoms with Crippen molar-refractivity contribution in [3.63, 3.8) is 0 Å². The highest BCUT2D eigenvalue weighted by atomic mass is 16.9. The van der Waals surface area contributed by atoms with Crippen molar-refractivity contribution in [2.45, 2.75) is 67.0 Å². The summed E-state index contributed by atoms with van der Waals surface area (Å²) in [5.74, 6) is -0.643. The number of ether oxygens (including phenoxy) is 4. The fourth-order valence-corrected chi connectivity index (χ4v) is 1.12. The lowest BCUT2D eigenvalue weighted by molar-refractivity contribution is -0.379. The summed E-state index contributed by atoms with van der Waals surface area (Å²) in [4.78, 5) is 0. The fourth-order valence-electron chi connectivity index (χ4n) is 1.12. The number of rotatable bonds is 0. The summed E-state index contributed by atoms with van der Waals surface area (Å²) in [6, 6.07) is 0. The second-order valence-corrected chi connectivity index (χ2v) is 7.15. The van der Waals surface area contributed by atoms with Crippen molar-refractivity contribution in [2.24, 2.45) is 5.41 Å². The molecule has 120 valence electrons. The van der Waals surface area contributed by atoms with Gasteiger partial charge < -0.3 is 18.9 Å². The molecule has 0 atom stereocenters. The van der Waals surface area contributed by atoms with E-state index in [1.165, 1.54) is 5.57 Å². The number of hydrogen-bond donors (Lipinski definition) is 0. The van der Waals surface area contributed by atoms with Gasteiger partial charge in [-0.15, -0.1) is 6.58 Å². The van der Waals surface area contributed by atoms with Crippen LogP contribution in [-0.4, -0.2) is 31.6 Å². The van der Waals surface area contributed by atoms with Gasteiger partial charge in [-0.2, -0.15) is 0 Å². The Balaban J connectivity index is 0.000000307. The molecule has 0 spiro atoms. The largest absolute Gasteiger partial charge is 0.350 e. The van der Waals surface area contributed by atoms with Gasteiger partial charge in [-0.25, -0.2) is 0 Å². The Morgan fingerprint density at radius 1 is 0.750 bits per heavy atom. The zero-order valence-electron chi connectivity index (χ0n) is 14.5. The van der Waals surface area contributed by atoms with Crippen molar-refractivity contribution in [3.05, 3.63) is 12.2 Å². The third-order valence-corrected chi connectivity index (χ3v) is 2.43. The Bertz CT molecular complexity index is 268. The van der Waals surface area contributed by atoms with Gasteiger partial charge in [0, 0.05) is 5.41 Å². The zero-order valence-corrected chi connectivity index (χ0v) is 14.5. The highest BCUT2D eigenvalue weighted by Gasteiger charge is 2.32. The molecule has 2 rings (SSSR count). The molecule has 2 heterocycles. The molecule has 4 heteroatoms. The highest BCUT2D eigenvalue weighted by Crippen LogP contribution is 2.28. The van der Waals surface area contributed by atoms with E-state index < -0.39 is 0 Å². The first-order chi connectivity index (χ1) is 8.85. The molecule has 2 fully saturated rings. The molecule has 0 N–H and O–H groups in total. The van der Waals surface area contributed by atoms with Crippen LogP contribution >= 0.6 is 0 Å². The van der Waals surface area contributed by atoms with Crippen LogP contribution in [0, 0.1) is 5.41 Å². The normalized spacial score (nSPS) is 25.0. The minimum atomic E-state index is -0.366. The van der Waals surface area contributed by atoms with Crippen molar-refractivity contribution < 1.29 is 18.9 Å². The predicted octanol–water partition coefficient (Wildman–Crippen LogP) is 4.10. The quantitative estimate of drug-likeness (QED) is 0.629. The molecule has 2 saturated heterocycles. The van der Waals surface area contributed by atoms with E-state index in [1.807, 2.05) is 41.5 Å². The maximum absolute atomic E-state index is 5.46. The SMILES string of the molecule is C=C(C)C.CC1(C)COC(C)(C)OC1.CC1(C)OCO1. The monoisotopic (exact) mass is 288 g/mol. The first-order valence-electron chi connectivity index (χ1n) is 7.03. The zero-order chi connectivity index (χ0) is 16.0. The predicted molar refractivity (Wildman–Crippen MR) is 81.4 cm³/mol. The number of allylic oxidation sites excluding steroid dienone is 1. The molecule has 2 aliphatic heterocycles. The van der Waals surface area contributed by atoms with Gasteiger partial charge in [0.25, 0.3) is 0 Å². The van der Waals surface area contributed by atoms with Crippen LogP contribution in [-0.2, 0) is 18.9 Å². The molecule has 20 heavy (non-hydrogen) atoms. The molecule has 0 aromatic rings. The average Bonchev–Trinajstić information content (AvgIpc) is 2.22. The first-order valence-corrected chi connectivity index (χ1v) is 7.03. The molecular weight excluding hydrogens is 256 g/mol. The third-order valence-electron chi connectivity index (χ3n) is 2.43. The summed E-state index contributed by atoms with van der Waals surface area (Å²) in [5, 5.41) is 0. The van der Waals surface area contributed by atoms with E-state index >= 15 is 0 Å². The molecule has 0 saturated carbocycles. The smallest absolute Gasteiger partial charge is 0.168 e. The Labute approximate surface area is 124 Å². The number of hydrogen-bond acceptors (Lipinski definition) is 4. The second-order valence-electron chi connectivity index (χ2n) is 7.15. The van der Waals surface area contributed by atoms with Gasteiger partial charge in [0.1, 0.15) is 0 Å². The van der Waals surface area contributed by atoms with Gasteiger partial charge in [-0.3, -0.25) is 0 Å². The van der Waals surface area contributed by atoms with Crippen molar-refractivity contribution in [3.8, 4) is 0 Å². The minimum Gasteiger partial charge on any atom is -0.350 e. The van der Waals surface area contributed by atoms with Crippen LogP contribution in [0.1, 0.15) is 55.4 Å².